The second-order valence-corrected chi connectivity index (χ2v) is 8.36. The molecule has 0 amide bonds. The molecule has 2 aromatic rings. The van der Waals surface area contributed by atoms with Crippen LogP contribution < -0.4 is 15.4 Å². The summed E-state index contributed by atoms with van der Waals surface area (Å²) in [6.45, 7) is 7.78. The molecule has 8 nitrogen and oxygen atoms in total. The Balaban J connectivity index is 2.11. The highest BCUT2D eigenvalue weighted by Gasteiger charge is 2.35. The molecule has 1 aromatic heterocycles. The van der Waals surface area contributed by atoms with Crippen molar-refractivity contribution in [3.8, 4) is 5.95 Å². The third kappa shape index (κ3) is 5.44. The van der Waals surface area contributed by atoms with E-state index < -0.39 is 28.4 Å². The van der Waals surface area contributed by atoms with Gasteiger partial charge >= 0.3 is 11.6 Å². The molecule has 0 bridgehead atoms. The molecule has 0 aliphatic heterocycles. The van der Waals surface area contributed by atoms with Crippen molar-refractivity contribution in [2.24, 2.45) is 0 Å². The molecule has 34 heavy (non-hydrogen) atoms. The second-order valence-electron chi connectivity index (χ2n) is 8.36. The lowest BCUT2D eigenvalue weighted by Crippen LogP contribution is -2.40. The number of ether oxygens (including phenoxy) is 1. The van der Waals surface area contributed by atoms with E-state index in [-0.39, 0.29) is 34.1 Å². The van der Waals surface area contributed by atoms with E-state index in [9.17, 15) is 19.7 Å². The van der Waals surface area contributed by atoms with Crippen LogP contribution in [0.5, 0.6) is 5.95 Å². The summed E-state index contributed by atoms with van der Waals surface area (Å²) in [5.74, 6) is -1.30. The van der Waals surface area contributed by atoms with Gasteiger partial charge in [0.05, 0.1) is 10.5 Å². The quantitative estimate of drug-likeness (QED) is 0.189. The lowest BCUT2D eigenvalue weighted by Gasteiger charge is -2.30. The zero-order chi connectivity index (χ0) is 24.7. The van der Waals surface area contributed by atoms with E-state index >= 15 is 0 Å². The molecular weight excluding hydrogens is 436 g/mol. The first-order valence-electron chi connectivity index (χ1n) is 12.0. The van der Waals surface area contributed by atoms with Crippen LogP contribution >= 0.6 is 0 Å². The zero-order valence-electron chi connectivity index (χ0n) is 20.0. The van der Waals surface area contributed by atoms with Gasteiger partial charge in [0.25, 0.3) is 0 Å². The van der Waals surface area contributed by atoms with Gasteiger partial charge in [0.15, 0.2) is 17.8 Å². The number of ketones is 2. The molecule has 1 heterocycles. The van der Waals surface area contributed by atoms with Gasteiger partial charge in [-0.1, -0.05) is 63.9 Å². The number of carbonyl (C=O) groups is 2. The number of hydrogen-bond acceptors (Lipinski definition) is 7. The SMILES string of the molecule is CCCCN(CCCC)C(CC)Oc1oc2c(c1[N+](=O)[O-])=C(C(=O)c1ccccc1)C(=O)CC=2. The summed E-state index contributed by atoms with van der Waals surface area (Å²) in [7, 11) is 0. The van der Waals surface area contributed by atoms with Crippen LogP contribution in [0.15, 0.2) is 34.7 Å². The Kier molecular flexibility index (Phi) is 8.76. The largest absolute Gasteiger partial charge is 0.441 e. The van der Waals surface area contributed by atoms with Crippen molar-refractivity contribution < 1.29 is 23.7 Å². The lowest BCUT2D eigenvalue weighted by molar-refractivity contribution is -0.387. The van der Waals surface area contributed by atoms with Crippen molar-refractivity contribution in [1.29, 1.82) is 0 Å². The number of unbranched alkanes of at least 4 members (excludes halogenated alkanes) is 2. The van der Waals surface area contributed by atoms with E-state index in [1.165, 1.54) is 6.08 Å². The normalized spacial score (nSPS) is 14.0. The summed E-state index contributed by atoms with van der Waals surface area (Å²) in [6.07, 6.45) is 5.58. The number of furan rings is 1. The average molecular weight is 469 g/mol. The van der Waals surface area contributed by atoms with Gasteiger partial charge in [-0.2, -0.15) is 0 Å². The average Bonchev–Trinajstić information content (AvgIpc) is 3.21. The Hall–Kier alpha value is -3.26. The number of carbonyl (C=O) groups excluding carboxylic acids is 2. The third-order valence-electron chi connectivity index (χ3n) is 5.92. The summed E-state index contributed by atoms with van der Waals surface area (Å²) in [6, 6.07) is 8.27. The van der Waals surface area contributed by atoms with Crippen molar-refractivity contribution in [1.82, 2.24) is 4.90 Å². The van der Waals surface area contributed by atoms with Gasteiger partial charge in [-0.15, -0.1) is 0 Å². The number of fused-ring (bicyclic) bond motifs is 1. The van der Waals surface area contributed by atoms with Gasteiger partial charge in [0.2, 0.25) is 0 Å². The zero-order valence-corrected chi connectivity index (χ0v) is 20.0. The molecule has 1 aliphatic carbocycles. The minimum absolute atomic E-state index is 0.0681. The molecular formula is C26H32N2O6. The Morgan fingerprint density at radius 1 is 1.15 bits per heavy atom. The van der Waals surface area contributed by atoms with E-state index in [0.717, 1.165) is 38.8 Å². The van der Waals surface area contributed by atoms with E-state index in [2.05, 4.69) is 18.7 Å². The van der Waals surface area contributed by atoms with Crippen LogP contribution in [-0.4, -0.2) is 40.7 Å². The molecule has 0 radical (unpaired) electrons. The fourth-order valence-electron chi connectivity index (χ4n) is 4.11. The van der Waals surface area contributed by atoms with Crippen LogP contribution in [0.3, 0.4) is 0 Å². The topological polar surface area (TPSA) is 103 Å². The fourth-order valence-corrected chi connectivity index (χ4v) is 4.11. The first-order valence-corrected chi connectivity index (χ1v) is 12.0. The van der Waals surface area contributed by atoms with Crippen molar-refractivity contribution in [3.05, 3.63) is 56.6 Å². The van der Waals surface area contributed by atoms with E-state index in [4.69, 9.17) is 9.15 Å². The van der Waals surface area contributed by atoms with Crippen molar-refractivity contribution in [2.75, 3.05) is 13.1 Å². The Morgan fingerprint density at radius 2 is 1.79 bits per heavy atom. The maximum absolute atomic E-state index is 13.2. The van der Waals surface area contributed by atoms with E-state index in [1.54, 1.807) is 30.3 Å². The Morgan fingerprint density at radius 3 is 2.35 bits per heavy atom. The molecule has 1 atom stereocenters. The molecule has 1 aliphatic rings. The van der Waals surface area contributed by atoms with Gasteiger partial charge in [0.1, 0.15) is 10.6 Å². The highest BCUT2D eigenvalue weighted by Crippen LogP contribution is 2.27. The number of benzene rings is 1. The predicted molar refractivity (Wildman–Crippen MR) is 129 cm³/mol. The number of Topliss-reactive ketones (excluding diaryl/α,β-unsaturated/α-hetero) is 2. The standard InChI is InChI=1S/C26H32N2O6/c1-4-7-16-27(17-8-5-2)21(6-3)34-26-24(28(31)32)23-20(33-26)15-14-19(29)22(23)25(30)18-12-10-9-11-13-18/h9-13,15,21H,4-8,14,16-17H2,1-3H3. The fraction of sp³-hybridized carbons (Fsp3) is 0.462. The second kappa shape index (κ2) is 11.7. The van der Waals surface area contributed by atoms with E-state index in [0.29, 0.717) is 6.42 Å². The molecule has 0 N–H and O–H groups in total. The van der Waals surface area contributed by atoms with Crippen molar-refractivity contribution in [3.63, 3.8) is 0 Å². The van der Waals surface area contributed by atoms with Crippen LogP contribution in [0.1, 0.15) is 69.7 Å². The van der Waals surface area contributed by atoms with Crippen LogP contribution in [0.4, 0.5) is 5.69 Å². The minimum Gasteiger partial charge on any atom is -0.441 e. The van der Waals surface area contributed by atoms with Crippen LogP contribution in [0.25, 0.3) is 11.6 Å². The summed E-state index contributed by atoms with van der Waals surface area (Å²) < 4.78 is 11.9. The molecule has 0 fully saturated rings. The smallest absolute Gasteiger partial charge is 0.369 e. The molecule has 0 saturated heterocycles. The maximum Gasteiger partial charge on any atom is 0.369 e. The first-order chi connectivity index (χ1) is 16.4. The highest BCUT2D eigenvalue weighted by atomic mass is 16.6. The predicted octanol–water partition coefficient (Wildman–Crippen LogP) is 3.99. The van der Waals surface area contributed by atoms with Gasteiger partial charge in [-0.05, 0) is 25.3 Å². The molecule has 8 heteroatoms. The molecule has 1 aromatic carbocycles. The highest BCUT2D eigenvalue weighted by molar-refractivity contribution is 6.46. The lowest BCUT2D eigenvalue weighted by atomic mass is 9.93. The Bertz CT molecular complexity index is 1140. The summed E-state index contributed by atoms with van der Waals surface area (Å²) >= 11 is 0. The number of rotatable bonds is 13. The number of hydrogen-bond donors (Lipinski definition) is 0. The number of nitrogens with zero attached hydrogens (tertiary/aromatic N) is 2. The molecule has 182 valence electrons. The Labute approximate surface area is 199 Å². The summed E-state index contributed by atoms with van der Waals surface area (Å²) in [4.78, 5) is 39.7. The van der Waals surface area contributed by atoms with Crippen molar-refractivity contribution >= 4 is 28.9 Å². The monoisotopic (exact) mass is 468 g/mol. The molecule has 3 rings (SSSR count). The maximum atomic E-state index is 13.2. The van der Waals surface area contributed by atoms with Crippen LogP contribution in [-0.2, 0) is 4.79 Å². The molecule has 1 unspecified atom stereocenters. The third-order valence-corrected chi connectivity index (χ3v) is 5.92. The van der Waals surface area contributed by atoms with Gasteiger partial charge in [-0.25, -0.2) is 0 Å². The van der Waals surface area contributed by atoms with Crippen molar-refractivity contribution in [2.45, 2.75) is 65.5 Å². The first kappa shape index (κ1) is 25.4. The minimum atomic E-state index is -0.627. The van der Waals surface area contributed by atoms with Gasteiger partial charge < -0.3 is 9.15 Å². The molecule has 0 saturated carbocycles. The number of nitro groups is 1. The van der Waals surface area contributed by atoms with Gasteiger partial charge in [-0.3, -0.25) is 24.6 Å². The van der Waals surface area contributed by atoms with Crippen LogP contribution in [0.2, 0.25) is 0 Å². The van der Waals surface area contributed by atoms with Gasteiger partial charge in [0, 0.05) is 25.1 Å². The summed E-state index contributed by atoms with van der Waals surface area (Å²) in [5, 5.41) is 12.1. The van der Waals surface area contributed by atoms with Crippen LogP contribution in [0, 0.1) is 10.1 Å². The molecule has 0 spiro atoms. The van der Waals surface area contributed by atoms with E-state index in [1.807, 2.05) is 6.92 Å². The summed E-state index contributed by atoms with van der Waals surface area (Å²) in [5.41, 5.74) is -0.281.